The Bertz CT molecular complexity index is 1080. The molecule has 2 aromatic heterocycles. The Morgan fingerprint density at radius 3 is 2.62 bits per heavy atom. The van der Waals surface area contributed by atoms with Gasteiger partial charge in [-0.15, -0.1) is 0 Å². The predicted octanol–water partition coefficient (Wildman–Crippen LogP) is 2.90. The predicted molar refractivity (Wildman–Crippen MR) is 120 cm³/mol. The van der Waals surface area contributed by atoms with Crippen LogP contribution in [-0.2, 0) is 11.2 Å². The van der Waals surface area contributed by atoms with Gasteiger partial charge in [0.05, 0.1) is 11.3 Å². The molecule has 0 radical (unpaired) electrons. The Morgan fingerprint density at radius 1 is 1.06 bits per heavy atom. The van der Waals surface area contributed by atoms with Gasteiger partial charge in [-0.25, -0.2) is 19.9 Å². The molecule has 2 fully saturated rings. The Hall–Kier alpha value is -2.90. The molecule has 0 aromatic carbocycles. The van der Waals surface area contributed by atoms with Crippen molar-refractivity contribution in [1.29, 1.82) is 0 Å². The number of carbonyl (C=O) groups excluding carboxylic acids is 2. The molecule has 8 heteroatoms. The average Bonchev–Trinajstić information content (AvgIpc) is 3.59. The fourth-order valence-electron chi connectivity index (χ4n) is 4.87. The van der Waals surface area contributed by atoms with E-state index < -0.39 is 0 Å². The maximum Gasteiger partial charge on any atom is 0.257 e. The van der Waals surface area contributed by atoms with E-state index in [0.717, 1.165) is 42.3 Å². The quantitative estimate of drug-likeness (QED) is 0.735. The molecule has 1 unspecified atom stereocenters. The van der Waals surface area contributed by atoms with Gasteiger partial charge in [-0.2, -0.15) is 0 Å². The van der Waals surface area contributed by atoms with Crippen molar-refractivity contribution in [1.82, 2.24) is 24.8 Å². The normalized spacial score (nSPS) is 21.0. The highest BCUT2D eigenvalue weighted by Gasteiger charge is 2.35. The second-order valence-electron chi connectivity index (χ2n) is 9.42. The van der Waals surface area contributed by atoms with E-state index in [4.69, 9.17) is 9.97 Å². The van der Waals surface area contributed by atoms with Gasteiger partial charge in [0.2, 0.25) is 5.91 Å². The molecular formula is C24H30N6O2. The van der Waals surface area contributed by atoms with Gasteiger partial charge < -0.3 is 4.90 Å². The average molecular weight is 435 g/mol. The fraction of sp³-hybridized carbons (Fsp3) is 0.583. The number of aromatic nitrogens is 4. The van der Waals surface area contributed by atoms with E-state index in [1.54, 1.807) is 6.20 Å². The summed E-state index contributed by atoms with van der Waals surface area (Å²) in [5.74, 6) is 3.03. The van der Waals surface area contributed by atoms with Crippen molar-refractivity contribution < 1.29 is 9.59 Å². The topological polar surface area (TPSA) is 92.2 Å². The van der Waals surface area contributed by atoms with E-state index in [2.05, 4.69) is 9.97 Å². The molecule has 1 aliphatic carbocycles. The monoisotopic (exact) mass is 434 g/mol. The van der Waals surface area contributed by atoms with Crippen LogP contribution in [0.2, 0.25) is 0 Å². The molecule has 2 aliphatic heterocycles. The van der Waals surface area contributed by atoms with E-state index in [9.17, 15) is 9.59 Å². The maximum absolute atomic E-state index is 13.2. The Balaban J connectivity index is 1.41. The lowest BCUT2D eigenvalue weighted by atomic mass is 9.95. The van der Waals surface area contributed by atoms with E-state index in [1.807, 2.05) is 30.6 Å². The molecule has 1 atom stereocenters. The van der Waals surface area contributed by atoms with Gasteiger partial charge in [-0.05, 0) is 58.8 Å². The van der Waals surface area contributed by atoms with E-state index in [1.165, 1.54) is 12.8 Å². The lowest BCUT2D eigenvalue weighted by Crippen LogP contribution is -2.41. The summed E-state index contributed by atoms with van der Waals surface area (Å²) in [6, 6.07) is 0. The van der Waals surface area contributed by atoms with Crippen LogP contribution in [-0.4, -0.2) is 56.3 Å². The molecule has 2 aromatic rings. The molecule has 3 aliphatic rings. The first-order valence-electron chi connectivity index (χ1n) is 11.7. The van der Waals surface area contributed by atoms with Crippen LogP contribution < -0.4 is 4.90 Å². The van der Waals surface area contributed by atoms with E-state index in [-0.39, 0.29) is 17.7 Å². The van der Waals surface area contributed by atoms with E-state index in [0.29, 0.717) is 48.9 Å². The second-order valence-corrected chi connectivity index (χ2v) is 9.42. The summed E-state index contributed by atoms with van der Waals surface area (Å²) in [6.07, 6.45) is 7.09. The SMILES string of the molecule is Cc1ncc(C(=O)N2CCCC(c3nc(C)c4c(n3)N(CC3CC3)C(=O)CC4)C2)c(C)n1. The molecule has 2 amide bonds. The lowest BCUT2D eigenvalue weighted by Gasteiger charge is -2.34. The Labute approximate surface area is 188 Å². The Morgan fingerprint density at radius 2 is 1.88 bits per heavy atom. The van der Waals surface area contributed by atoms with E-state index >= 15 is 0 Å². The number of rotatable bonds is 4. The molecule has 0 bridgehead atoms. The lowest BCUT2D eigenvalue weighted by molar-refractivity contribution is -0.119. The molecule has 0 spiro atoms. The zero-order chi connectivity index (χ0) is 22.4. The Kier molecular flexibility index (Phi) is 5.39. The number of likely N-dealkylation sites (tertiary alicyclic amines) is 1. The first kappa shape index (κ1) is 21.0. The first-order chi connectivity index (χ1) is 15.4. The highest BCUT2D eigenvalue weighted by molar-refractivity contribution is 5.96. The summed E-state index contributed by atoms with van der Waals surface area (Å²) in [7, 11) is 0. The smallest absolute Gasteiger partial charge is 0.257 e. The summed E-state index contributed by atoms with van der Waals surface area (Å²) in [5, 5.41) is 0. The van der Waals surface area contributed by atoms with Crippen molar-refractivity contribution in [3.05, 3.63) is 40.4 Å². The zero-order valence-electron chi connectivity index (χ0n) is 19.1. The summed E-state index contributed by atoms with van der Waals surface area (Å²) in [4.78, 5) is 48.0. The minimum atomic E-state index is -0.0348. The number of nitrogens with zero attached hydrogens (tertiary/aromatic N) is 6. The zero-order valence-corrected chi connectivity index (χ0v) is 19.1. The molecule has 0 N–H and O–H groups in total. The van der Waals surface area contributed by atoms with Gasteiger partial charge in [0.1, 0.15) is 17.5 Å². The van der Waals surface area contributed by atoms with Crippen LogP contribution in [0.3, 0.4) is 0 Å². The van der Waals surface area contributed by atoms with Gasteiger partial charge in [-0.3, -0.25) is 14.5 Å². The third kappa shape index (κ3) is 3.98. The van der Waals surface area contributed by atoms with Crippen LogP contribution >= 0.6 is 0 Å². The number of aryl methyl sites for hydroxylation is 3. The molecule has 168 valence electrons. The van der Waals surface area contributed by atoms with Crippen LogP contribution in [0, 0.1) is 26.7 Å². The van der Waals surface area contributed by atoms with Crippen LogP contribution in [0.4, 0.5) is 5.82 Å². The highest BCUT2D eigenvalue weighted by Crippen LogP contribution is 2.36. The number of anilines is 1. The van der Waals surface area contributed by atoms with Gasteiger partial charge in [0.25, 0.3) is 5.91 Å². The molecule has 4 heterocycles. The van der Waals surface area contributed by atoms with Crippen molar-refractivity contribution in [2.75, 3.05) is 24.5 Å². The minimum absolute atomic E-state index is 0.0348. The van der Waals surface area contributed by atoms with Gasteiger partial charge in [0, 0.05) is 49.4 Å². The molecule has 1 saturated carbocycles. The van der Waals surface area contributed by atoms with Gasteiger partial charge >= 0.3 is 0 Å². The summed E-state index contributed by atoms with van der Waals surface area (Å²) in [6.45, 7) is 7.74. The first-order valence-corrected chi connectivity index (χ1v) is 11.7. The summed E-state index contributed by atoms with van der Waals surface area (Å²) >= 11 is 0. The third-order valence-corrected chi connectivity index (χ3v) is 6.90. The minimum Gasteiger partial charge on any atom is -0.338 e. The standard InChI is InChI=1S/C24H30N6O2/c1-14-19-8-9-21(31)30(12-17-6-7-17)23(19)28-22(27-14)18-5-4-10-29(13-18)24(32)20-11-25-16(3)26-15(20)2/h11,17-18H,4-10,12-13H2,1-3H3. The van der Waals surface area contributed by atoms with Crippen LogP contribution in [0.15, 0.2) is 6.20 Å². The fourth-order valence-corrected chi connectivity index (χ4v) is 4.87. The number of carbonyl (C=O) groups is 2. The van der Waals surface area contributed by atoms with Crippen molar-refractivity contribution in [2.24, 2.45) is 5.92 Å². The van der Waals surface area contributed by atoms with Gasteiger partial charge in [-0.1, -0.05) is 0 Å². The molecule has 5 rings (SSSR count). The van der Waals surface area contributed by atoms with Crippen molar-refractivity contribution in [3.8, 4) is 0 Å². The number of hydrogen-bond acceptors (Lipinski definition) is 6. The van der Waals surface area contributed by atoms with Crippen molar-refractivity contribution in [3.63, 3.8) is 0 Å². The molecule has 8 nitrogen and oxygen atoms in total. The number of hydrogen-bond donors (Lipinski definition) is 0. The van der Waals surface area contributed by atoms with Crippen LogP contribution in [0.25, 0.3) is 0 Å². The second kappa shape index (κ2) is 8.22. The summed E-state index contributed by atoms with van der Waals surface area (Å²) < 4.78 is 0. The largest absolute Gasteiger partial charge is 0.338 e. The third-order valence-electron chi connectivity index (χ3n) is 6.90. The summed E-state index contributed by atoms with van der Waals surface area (Å²) in [5.41, 5.74) is 3.33. The number of amides is 2. The van der Waals surface area contributed by atoms with Crippen molar-refractivity contribution >= 4 is 17.6 Å². The number of piperidine rings is 1. The number of fused-ring (bicyclic) bond motifs is 1. The molecule has 1 saturated heterocycles. The highest BCUT2D eigenvalue weighted by atomic mass is 16.2. The van der Waals surface area contributed by atoms with Crippen LogP contribution in [0.1, 0.15) is 77.0 Å². The van der Waals surface area contributed by atoms with Gasteiger partial charge in [0.15, 0.2) is 0 Å². The molecular weight excluding hydrogens is 404 g/mol. The van der Waals surface area contributed by atoms with Crippen LogP contribution in [0.5, 0.6) is 0 Å². The maximum atomic E-state index is 13.2. The van der Waals surface area contributed by atoms with Crippen molar-refractivity contribution in [2.45, 2.75) is 65.2 Å². The molecule has 32 heavy (non-hydrogen) atoms.